The highest BCUT2D eigenvalue weighted by atomic mass is 32.1. The number of aromatic amines is 1. The van der Waals surface area contributed by atoms with Gasteiger partial charge in [0.15, 0.2) is 0 Å². The van der Waals surface area contributed by atoms with Gasteiger partial charge in [0.25, 0.3) is 11.5 Å². The van der Waals surface area contributed by atoms with Crippen LogP contribution in [-0.4, -0.2) is 29.9 Å². The Morgan fingerprint density at radius 2 is 1.92 bits per heavy atom. The third kappa shape index (κ3) is 3.80. The zero-order valence-electron chi connectivity index (χ0n) is 14.0. The van der Waals surface area contributed by atoms with E-state index in [1.165, 1.54) is 16.2 Å². The summed E-state index contributed by atoms with van der Waals surface area (Å²) in [4.78, 5) is 30.1. The van der Waals surface area contributed by atoms with Crippen molar-refractivity contribution in [3.63, 3.8) is 0 Å². The van der Waals surface area contributed by atoms with Crippen LogP contribution >= 0.6 is 11.3 Å². The average molecular weight is 354 g/mol. The van der Waals surface area contributed by atoms with Crippen LogP contribution in [0.25, 0.3) is 10.6 Å². The van der Waals surface area contributed by atoms with Crippen LogP contribution in [0.1, 0.15) is 15.9 Å². The largest absolute Gasteiger partial charge is 0.497 e. The second-order valence-electron chi connectivity index (χ2n) is 5.60. The minimum absolute atomic E-state index is 0.135. The monoisotopic (exact) mass is 354 g/mol. The Bertz CT molecular complexity index is 915. The normalized spacial score (nSPS) is 10.5. The van der Waals surface area contributed by atoms with Gasteiger partial charge in [0, 0.05) is 13.6 Å². The molecular formula is C19H18N2O3S. The number of pyridine rings is 1. The smallest absolute Gasteiger partial charge is 0.261 e. The van der Waals surface area contributed by atoms with Crippen molar-refractivity contribution in [2.75, 3.05) is 14.2 Å². The topological polar surface area (TPSA) is 62.4 Å². The molecule has 0 spiro atoms. The van der Waals surface area contributed by atoms with E-state index in [0.29, 0.717) is 12.2 Å². The molecule has 0 aliphatic rings. The Balaban J connectivity index is 1.76. The van der Waals surface area contributed by atoms with Crippen LogP contribution in [0.4, 0.5) is 0 Å². The number of rotatable bonds is 5. The maximum absolute atomic E-state index is 12.6. The molecule has 128 valence electrons. The first-order chi connectivity index (χ1) is 12.1. The highest BCUT2D eigenvalue weighted by molar-refractivity contribution is 7.13. The number of hydrogen-bond donors (Lipinski definition) is 1. The van der Waals surface area contributed by atoms with Gasteiger partial charge >= 0.3 is 0 Å². The minimum atomic E-state index is -0.377. The predicted molar refractivity (Wildman–Crippen MR) is 99.2 cm³/mol. The molecule has 2 heterocycles. The van der Waals surface area contributed by atoms with Gasteiger partial charge in [-0.2, -0.15) is 0 Å². The first-order valence-corrected chi connectivity index (χ1v) is 8.62. The number of nitrogens with zero attached hydrogens (tertiary/aromatic N) is 1. The molecule has 2 aromatic heterocycles. The van der Waals surface area contributed by atoms with Crippen LogP contribution in [0.3, 0.4) is 0 Å². The Labute approximate surface area is 149 Å². The number of ether oxygens (including phenoxy) is 1. The summed E-state index contributed by atoms with van der Waals surface area (Å²) in [6.45, 7) is 0.412. The van der Waals surface area contributed by atoms with Gasteiger partial charge in [-0.1, -0.05) is 18.2 Å². The van der Waals surface area contributed by atoms with E-state index in [1.54, 1.807) is 26.3 Å². The third-order valence-electron chi connectivity index (χ3n) is 3.85. The maximum atomic E-state index is 12.6. The number of benzene rings is 1. The standard InChI is InChI=1S/C19H18N2O3S/c1-21(12-13-5-7-14(24-2)8-6-13)19(23)15-9-10-16(20-18(15)22)17-4-3-11-25-17/h3-11H,12H2,1-2H3,(H,20,22). The predicted octanol–water partition coefficient (Wildman–Crippen LogP) is 3.38. The number of methoxy groups -OCH3 is 1. The lowest BCUT2D eigenvalue weighted by Crippen LogP contribution is -2.31. The van der Waals surface area contributed by atoms with E-state index in [9.17, 15) is 9.59 Å². The Kier molecular flexibility index (Phi) is 5.00. The van der Waals surface area contributed by atoms with Gasteiger partial charge in [-0.3, -0.25) is 9.59 Å². The highest BCUT2D eigenvalue weighted by Gasteiger charge is 2.16. The second-order valence-corrected chi connectivity index (χ2v) is 6.55. The fourth-order valence-electron chi connectivity index (χ4n) is 2.50. The molecule has 0 aliphatic heterocycles. The quantitative estimate of drug-likeness (QED) is 0.764. The first kappa shape index (κ1) is 17.0. The SMILES string of the molecule is COc1ccc(CN(C)C(=O)c2ccc(-c3cccs3)[nH]c2=O)cc1. The fourth-order valence-corrected chi connectivity index (χ4v) is 3.21. The van der Waals surface area contributed by atoms with Crippen molar-refractivity contribution >= 4 is 17.2 Å². The molecule has 0 saturated carbocycles. The number of carbonyl (C=O) groups is 1. The van der Waals surface area contributed by atoms with Crippen molar-refractivity contribution in [3.05, 3.63) is 75.4 Å². The summed E-state index contributed by atoms with van der Waals surface area (Å²) < 4.78 is 5.12. The summed E-state index contributed by atoms with van der Waals surface area (Å²) in [5.41, 5.74) is 1.44. The zero-order valence-corrected chi connectivity index (χ0v) is 14.8. The summed E-state index contributed by atoms with van der Waals surface area (Å²) >= 11 is 1.53. The number of amides is 1. The number of H-pyrrole nitrogens is 1. The molecule has 0 unspecified atom stereocenters. The Hall–Kier alpha value is -2.86. The molecular weight excluding hydrogens is 336 g/mol. The zero-order chi connectivity index (χ0) is 17.8. The van der Waals surface area contributed by atoms with E-state index in [0.717, 1.165) is 16.2 Å². The fraction of sp³-hybridized carbons (Fsp3) is 0.158. The first-order valence-electron chi connectivity index (χ1n) is 7.74. The molecule has 0 aliphatic carbocycles. The molecule has 3 rings (SSSR count). The van der Waals surface area contributed by atoms with Gasteiger partial charge in [-0.25, -0.2) is 0 Å². The van der Waals surface area contributed by atoms with Crippen molar-refractivity contribution in [1.82, 2.24) is 9.88 Å². The number of carbonyl (C=O) groups excluding carboxylic acids is 1. The lowest BCUT2D eigenvalue weighted by Gasteiger charge is -2.17. The molecule has 0 saturated heterocycles. The summed E-state index contributed by atoms with van der Waals surface area (Å²) in [7, 11) is 3.29. The van der Waals surface area contributed by atoms with E-state index in [-0.39, 0.29) is 17.0 Å². The van der Waals surface area contributed by atoms with Gasteiger partial charge in [0.1, 0.15) is 11.3 Å². The molecule has 1 N–H and O–H groups in total. The van der Waals surface area contributed by atoms with Crippen molar-refractivity contribution in [2.45, 2.75) is 6.54 Å². The molecule has 5 nitrogen and oxygen atoms in total. The van der Waals surface area contributed by atoms with Crippen LogP contribution in [0.2, 0.25) is 0 Å². The number of hydrogen-bond acceptors (Lipinski definition) is 4. The molecule has 6 heteroatoms. The molecule has 25 heavy (non-hydrogen) atoms. The molecule has 1 amide bonds. The van der Waals surface area contributed by atoms with E-state index in [1.807, 2.05) is 41.8 Å². The van der Waals surface area contributed by atoms with Crippen LogP contribution in [0.5, 0.6) is 5.75 Å². The van der Waals surface area contributed by atoms with Crippen LogP contribution in [-0.2, 0) is 6.54 Å². The molecule has 0 atom stereocenters. The summed E-state index contributed by atoms with van der Waals surface area (Å²) in [6.07, 6.45) is 0. The third-order valence-corrected chi connectivity index (χ3v) is 4.76. The lowest BCUT2D eigenvalue weighted by atomic mass is 10.1. The van der Waals surface area contributed by atoms with Gasteiger partial charge < -0.3 is 14.6 Å². The molecule has 1 aromatic carbocycles. The van der Waals surface area contributed by atoms with E-state index < -0.39 is 0 Å². The minimum Gasteiger partial charge on any atom is -0.497 e. The average Bonchev–Trinajstić information content (AvgIpc) is 3.16. The molecule has 3 aromatic rings. The van der Waals surface area contributed by atoms with Crippen molar-refractivity contribution < 1.29 is 9.53 Å². The van der Waals surface area contributed by atoms with Crippen LogP contribution in [0.15, 0.2) is 58.7 Å². The summed E-state index contributed by atoms with van der Waals surface area (Å²) in [5.74, 6) is 0.452. The molecule has 0 bridgehead atoms. The highest BCUT2D eigenvalue weighted by Crippen LogP contribution is 2.21. The van der Waals surface area contributed by atoms with Crippen molar-refractivity contribution in [2.24, 2.45) is 0 Å². The number of nitrogens with one attached hydrogen (secondary N) is 1. The summed E-state index contributed by atoms with van der Waals surface area (Å²) in [5, 5.41) is 1.94. The number of aromatic nitrogens is 1. The summed E-state index contributed by atoms with van der Waals surface area (Å²) in [6, 6.07) is 14.7. The second kappa shape index (κ2) is 7.36. The van der Waals surface area contributed by atoms with Gasteiger partial charge in [0.2, 0.25) is 0 Å². The van der Waals surface area contributed by atoms with E-state index >= 15 is 0 Å². The Morgan fingerprint density at radius 3 is 2.52 bits per heavy atom. The van der Waals surface area contributed by atoms with E-state index in [2.05, 4.69) is 4.98 Å². The molecule has 0 radical (unpaired) electrons. The lowest BCUT2D eigenvalue weighted by molar-refractivity contribution is 0.0783. The van der Waals surface area contributed by atoms with Gasteiger partial charge in [-0.05, 0) is 41.3 Å². The van der Waals surface area contributed by atoms with Crippen LogP contribution in [0, 0.1) is 0 Å². The molecule has 0 fully saturated rings. The van der Waals surface area contributed by atoms with Crippen LogP contribution < -0.4 is 10.3 Å². The Morgan fingerprint density at radius 1 is 1.16 bits per heavy atom. The maximum Gasteiger partial charge on any atom is 0.261 e. The van der Waals surface area contributed by atoms with Gasteiger partial charge in [-0.15, -0.1) is 11.3 Å². The number of thiophene rings is 1. The van der Waals surface area contributed by atoms with Crippen molar-refractivity contribution in [1.29, 1.82) is 0 Å². The van der Waals surface area contributed by atoms with Gasteiger partial charge in [0.05, 0.1) is 17.7 Å². The van der Waals surface area contributed by atoms with Crippen molar-refractivity contribution in [3.8, 4) is 16.3 Å². The van der Waals surface area contributed by atoms with E-state index in [4.69, 9.17) is 4.74 Å².